The number of ether oxygens (including phenoxy) is 1. The number of carbonyl (C=O) groups excluding carboxylic acids is 1. The predicted molar refractivity (Wildman–Crippen MR) is 102 cm³/mol. The molecule has 1 saturated heterocycles. The van der Waals surface area contributed by atoms with Crippen LogP contribution in [-0.2, 0) is 11.3 Å². The van der Waals surface area contributed by atoms with Crippen LogP contribution in [0.15, 0.2) is 20.9 Å². The number of rotatable bonds is 3. The van der Waals surface area contributed by atoms with E-state index in [-0.39, 0.29) is 12.1 Å². The largest absolute Gasteiger partial charge is 0.444 e. The fraction of sp³-hybridized carbons (Fsp3) is 0.625. The van der Waals surface area contributed by atoms with E-state index in [1.165, 1.54) is 4.88 Å². The minimum Gasteiger partial charge on any atom is -0.444 e. The first-order valence-corrected chi connectivity index (χ1v) is 9.57. The Labute approximate surface area is 155 Å². The van der Waals surface area contributed by atoms with Crippen LogP contribution in [0.2, 0.25) is 0 Å². The molecule has 2 heterocycles. The van der Waals surface area contributed by atoms with Crippen molar-refractivity contribution in [3.63, 3.8) is 0 Å². The molecule has 8 heteroatoms. The Bertz CT molecular complexity index is 597. The molecular formula is C16H25BrN4O2S. The lowest BCUT2D eigenvalue weighted by molar-refractivity contribution is 0.0507. The van der Waals surface area contributed by atoms with Crippen molar-refractivity contribution in [1.82, 2.24) is 15.5 Å². The maximum absolute atomic E-state index is 11.9. The molecule has 1 fully saturated rings. The number of nitrogens with one attached hydrogen (secondary N) is 2. The van der Waals surface area contributed by atoms with E-state index in [0.717, 1.165) is 35.8 Å². The third kappa shape index (κ3) is 5.98. The van der Waals surface area contributed by atoms with Crippen molar-refractivity contribution < 1.29 is 9.53 Å². The van der Waals surface area contributed by atoms with E-state index in [9.17, 15) is 4.79 Å². The number of nitrogens with zero attached hydrogens (tertiary/aromatic N) is 2. The topological polar surface area (TPSA) is 66.0 Å². The fourth-order valence-corrected chi connectivity index (χ4v) is 3.91. The molecule has 134 valence electrons. The van der Waals surface area contributed by atoms with Crippen LogP contribution in [0.5, 0.6) is 0 Å². The molecule has 1 aromatic rings. The Morgan fingerprint density at radius 3 is 2.83 bits per heavy atom. The zero-order valence-electron chi connectivity index (χ0n) is 14.6. The van der Waals surface area contributed by atoms with Gasteiger partial charge in [0.15, 0.2) is 5.96 Å². The zero-order valence-corrected chi connectivity index (χ0v) is 17.0. The predicted octanol–water partition coefficient (Wildman–Crippen LogP) is 3.19. The highest BCUT2D eigenvalue weighted by atomic mass is 79.9. The number of thiophene rings is 1. The lowest BCUT2D eigenvalue weighted by Gasteiger charge is -2.23. The summed E-state index contributed by atoms with van der Waals surface area (Å²) in [6.45, 7) is 7.91. The maximum Gasteiger partial charge on any atom is 0.407 e. The van der Waals surface area contributed by atoms with Crippen molar-refractivity contribution in [2.45, 2.75) is 45.4 Å². The van der Waals surface area contributed by atoms with Crippen LogP contribution in [0.3, 0.4) is 0 Å². The summed E-state index contributed by atoms with van der Waals surface area (Å²) in [5, 5.41) is 6.31. The first-order valence-electron chi connectivity index (χ1n) is 7.96. The summed E-state index contributed by atoms with van der Waals surface area (Å²) in [5.74, 6) is 0.855. The number of halogens is 1. The quantitative estimate of drug-likeness (QED) is 0.586. The van der Waals surface area contributed by atoms with Crippen LogP contribution < -0.4 is 10.6 Å². The molecule has 6 nitrogen and oxygen atoms in total. The highest BCUT2D eigenvalue weighted by molar-refractivity contribution is 9.11. The second-order valence-electron chi connectivity index (χ2n) is 6.68. The minimum atomic E-state index is -0.477. The van der Waals surface area contributed by atoms with Gasteiger partial charge in [-0.15, -0.1) is 11.3 Å². The molecule has 1 aromatic heterocycles. The molecule has 1 aliphatic rings. The van der Waals surface area contributed by atoms with E-state index < -0.39 is 5.60 Å². The number of hydrogen-bond donors (Lipinski definition) is 2. The number of aliphatic imine (C=N–C) groups is 1. The SMILES string of the molecule is CN=C(NCc1ccc(Br)s1)N1CCC(NC(=O)OC(C)(C)C)C1. The Hall–Kier alpha value is -1.28. The molecule has 2 N–H and O–H groups in total. The van der Waals surface area contributed by atoms with Gasteiger partial charge in [-0.3, -0.25) is 4.99 Å². The van der Waals surface area contributed by atoms with Crippen LogP contribution in [0.4, 0.5) is 4.79 Å². The highest BCUT2D eigenvalue weighted by Gasteiger charge is 2.27. The molecule has 0 aliphatic carbocycles. The first-order chi connectivity index (χ1) is 11.3. The number of guanidine groups is 1. The van der Waals surface area contributed by atoms with Crippen LogP contribution >= 0.6 is 27.3 Å². The molecule has 0 spiro atoms. The third-order valence-electron chi connectivity index (χ3n) is 3.47. The van der Waals surface area contributed by atoms with Gasteiger partial charge in [0, 0.05) is 25.0 Å². The van der Waals surface area contributed by atoms with Crippen LogP contribution in [-0.4, -0.2) is 48.7 Å². The Balaban J connectivity index is 1.81. The van der Waals surface area contributed by atoms with Gasteiger partial charge in [-0.05, 0) is 55.3 Å². The zero-order chi connectivity index (χ0) is 17.7. The van der Waals surface area contributed by atoms with Crippen molar-refractivity contribution in [1.29, 1.82) is 0 Å². The van der Waals surface area contributed by atoms with E-state index in [2.05, 4.69) is 42.5 Å². The number of likely N-dealkylation sites (tertiary alicyclic amines) is 1. The number of amides is 1. The molecule has 0 bridgehead atoms. The lowest BCUT2D eigenvalue weighted by atomic mass is 10.2. The standard InChI is InChI=1S/C16H25BrN4O2S/c1-16(2,3)23-15(22)20-11-7-8-21(10-11)14(18-4)19-9-12-5-6-13(17)24-12/h5-6,11H,7-10H2,1-4H3,(H,18,19)(H,20,22). The average molecular weight is 417 g/mol. The summed E-state index contributed by atoms with van der Waals surface area (Å²) in [4.78, 5) is 19.6. The summed E-state index contributed by atoms with van der Waals surface area (Å²) in [6, 6.07) is 4.21. The molecule has 1 amide bonds. The second kappa shape index (κ2) is 8.20. The van der Waals surface area contributed by atoms with Crippen molar-refractivity contribution >= 4 is 39.3 Å². The van der Waals surface area contributed by atoms with E-state index in [4.69, 9.17) is 4.74 Å². The minimum absolute atomic E-state index is 0.0780. The van der Waals surface area contributed by atoms with Crippen molar-refractivity contribution in [2.75, 3.05) is 20.1 Å². The molecule has 0 aromatic carbocycles. The van der Waals surface area contributed by atoms with E-state index >= 15 is 0 Å². The maximum atomic E-state index is 11.9. The van der Waals surface area contributed by atoms with Gasteiger partial charge >= 0.3 is 6.09 Å². The molecule has 1 atom stereocenters. The van der Waals surface area contributed by atoms with Crippen LogP contribution in [0.1, 0.15) is 32.1 Å². The van der Waals surface area contributed by atoms with Gasteiger partial charge in [0.2, 0.25) is 0 Å². The number of alkyl carbamates (subject to hydrolysis) is 1. The number of hydrogen-bond acceptors (Lipinski definition) is 4. The van der Waals surface area contributed by atoms with Crippen LogP contribution in [0.25, 0.3) is 0 Å². The Morgan fingerprint density at radius 1 is 1.50 bits per heavy atom. The lowest BCUT2D eigenvalue weighted by Crippen LogP contribution is -2.44. The molecular weight excluding hydrogens is 392 g/mol. The average Bonchev–Trinajstić information content (AvgIpc) is 3.07. The van der Waals surface area contributed by atoms with Crippen molar-refractivity contribution in [3.8, 4) is 0 Å². The fourth-order valence-electron chi connectivity index (χ4n) is 2.49. The normalized spacial score (nSPS) is 18.6. The first kappa shape index (κ1) is 19.1. The van der Waals surface area contributed by atoms with Gasteiger partial charge in [0.05, 0.1) is 16.4 Å². The summed E-state index contributed by atoms with van der Waals surface area (Å²) < 4.78 is 6.43. The monoisotopic (exact) mass is 416 g/mol. The van der Waals surface area contributed by atoms with Crippen molar-refractivity contribution in [2.24, 2.45) is 4.99 Å². The Kier molecular flexibility index (Phi) is 6.51. The van der Waals surface area contributed by atoms with Gasteiger partial charge in [0.25, 0.3) is 0 Å². The van der Waals surface area contributed by atoms with E-state index in [1.807, 2.05) is 26.8 Å². The molecule has 0 saturated carbocycles. The second-order valence-corrected chi connectivity index (χ2v) is 9.23. The van der Waals surface area contributed by atoms with Gasteiger partial charge in [-0.2, -0.15) is 0 Å². The van der Waals surface area contributed by atoms with Gasteiger partial charge in [-0.25, -0.2) is 4.79 Å². The van der Waals surface area contributed by atoms with E-state index in [1.54, 1.807) is 18.4 Å². The summed E-state index contributed by atoms with van der Waals surface area (Å²) in [6.07, 6.45) is 0.519. The molecule has 24 heavy (non-hydrogen) atoms. The molecule has 1 aliphatic heterocycles. The van der Waals surface area contributed by atoms with Gasteiger partial charge in [0.1, 0.15) is 5.60 Å². The molecule has 0 radical (unpaired) electrons. The number of carbonyl (C=O) groups is 1. The third-order valence-corrected chi connectivity index (χ3v) is 5.09. The van der Waals surface area contributed by atoms with Gasteiger partial charge in [-0.1, -0.05) is 0 Å². The summed E-state index contributed by atoms with van der Waals surface area (Å²) in [5.41, 5.74) is -0.477. The summed E-state index contributed by atoms with van der Waals surface area (Å²) >= 11 is 5.18. The molecule has 2 rings (SSSR count). The van der Waals surface area contributed by atoms with E-state index in [0.29, 0.717) is 0 Å². The highest BCUT2D eigenvalue weighted by Crippen LogP contribution is 2.22. The van der Waals surface area contributed by atoms with Gasteiger partial charge < -0.3 is 20.3 Å². The van der Waals surface area contributed by atoms with Crippen LogP contribution in [0, 0.1) is 0 Å². The Morgan fingerprint density at radius 2 is 2.25 bits per heavy atom. The molecule has 1 unspecified atom stereocenters. The smallest absolute Gasteiger partial charge is 0.407 e. The summed E-state index contributed by atoms with van der Waals surface area (Å²) in [7, 11) is 1.78. The van der Waals surface area contributed by atoms with Crippen molar-refractivity contribution in [3.05, 3.63) is 20.8 Å².